The van der Waals surface area contributed by atoms with Crippen molar-refractivity contribution in [1.82, 2.24) is 10.3 Å². The molecule has 1 aromatic heterocycles. The fourth-order valence-electron chi connectivity index (χ4n) is 1.98. The van der Waals surface area contributed by atoms with Gasteiger partial charge in [0.1, 0.15) is 17.4 Å². The minimum Gasteiger partial charge on any atom is -0.486 e. The summed E-state index contributed by atoms with van der Waals surface area (Å²) in [5, 5.41) is 6.60. The zero-order valence-electron chi connectivity index (χ0n) is 11.4. The lowest BCUT2D eigenvalue weighted by Crippen LogP contribution is -2.16. The average molecular weight is 353 g/mol. The Morgan fingerprint density at radius 3 is 3.00 bits per heavy atom. The molecule has 1 aliphatic rings. The summed E-state index contributed by atoms with van der Waals surface area (Å²) in [5.41, 5.74) is 2.25. The van der Waals surface area contributed by atoms with Crippen molar-refractivity contribution in [3.63, 3.8) is 0 Å². The van der Waals surface area contributed by atoms with Crippen molar-refractivity contribution in [3.05, 3.63) is 44.3 Å². The van der Waals surface area contributed by atoms with Gasteiger partial charge in [-0.1, -0.05) is 15.9 Å². The molecule has 0 bridgehead atoms. The van der Waals surface area contributed by atoms with Crippen LogP contribution in [0.2, 0.25) is 0 Å². The van der Waals surface area contributed by atoms with Crippen LogP contribution in [0.15, 0.2) is 28.1 Å². The average Bonchev–Trinajstić information content (AvgIpc) is 3.17. The zero-order valence-corrected chi connectivity index (χ0v) is 13.8. The molecule has 3 rings (SSSR count). The van der Waals surface area contributed by atoms with Gasteiger partial charge >= 0.3 is 0 Å². The number of nitrogens with zero attached hydrogens (tertiary/aromatic N) is 1. The molecule has 0 atom stereocenters. The molecular weight excluding hydrogens is 336 g/mol. The number of ether oxygens (including phenoxy) is 1. The Bertz CT molecular complexity index is 595. The van der Waals surface area contributed by atoms with Crippen molar-refractivity contribution >= 4 is 27.3 Å². The molecule has 1 fully saturated rings. The third kappa shape index (κ3) is 3.81. The Morgan fingerprint density at radius 1 is 1.45 bits per heavy atom. The monoisotopic (exact) mass is 352 g/mol. The van der Waals surface area contributed by atoms with E-state index in [1.54, 1.807) is 11.3 Å². The van der Waals surface area contributed by atoms with Crippen LogP contribution in [0.1, 0.15) is 29.1 Å². The normalized spacial score (nSPS) is 14.5. The summed E-state index contributed by atoms with van der Waals surface area (Å²) in [6.45, 7) is 3.40. The first-order chi connectivity index (χ1) is 9.70. The second-order valence-corrected chi connectivity index (χ2v) is 6.94. The first-order valence-corrected chi connectivity index (χ1v) is 8.43. The first kappa shape index (κ1) is 14.0. The largest absolute Gasteiger partial charge is 0.486 e. The minimum atomic E-state index is 0.538. The molecular formula is C15H17BrN2OS. The minimum absolute atomic E-state index is 0.538. The fourth-order valence-corrected chi connectivity index (χ4v) is 3.07. The molecule has 1 N–H and O–H groups in total. The van der Waals surface area contributed by atoms with Gasteiger partial charge in [-0.25, -0.2) is 4.98 Å². The Balaban J connectivity index is 1.66. The molecule has 3 nitrogen and oxygen atoms in total. The van der Waals surface area contributed by atoms with Crippen molar-refractivity contribution in [3.8, 4) is 5.75 Å². The second-order valence-electron chi connectivity index (χ2n) is 5.08. The fraction of sp³-hybridized carbons (Fsp3) is 0.400. The highest BCUT2D eigenvalue weighted by molar-refractivity contribution is 9.10. The summed E-state index contributed by atoms with van der Waals surface area (Å²) in [6, 6.07) is 6.86. The highest BCUT2D eigenvalue weighted by Crippen LogP contribution is 2.26. The van der Waals surface area contributed by atoms with E-state index in [1.165, 1.54) is 18.4 Å². The first-order valence-electron chi connectivity index (χ1n) is 6.76. The molecule has 0 radical (unpaired) electrons. The number of aryl methyl sites for hydroxylation is 1. The van der Waals surface area contributed by atoms with Crippen molar-refractivity contribution < 1.29 is 4.74 Å². The standard InChI is InChI=1S/C15H17BrN2OS/c1-10-9-20-15(18-10)8-19-14-5-2-12(16)6-11(14)7-17-13-3-4-13/h2,5-6,9,13,17H,3-4,7-8H2,1H3. The van der Waals surface area contributed by atoms with Gasteiger partial charge in [0.25, 0.3) is 0 Å². The van der Waals surface area contributed by atoms with E-state index in [1.807, 2.05) is 19.1 Å². The van der Waals surface area contributed by atoms with Crippen LogP contribution in [0.25, 0.3) is 0 Å². The van der Waals surface area contributed by atoms with Crippen LogP contribution in [-0.4, -0.2) is 11.0 Å². The SMILES string of the molecule is Cc1csc(COc2ccc(Br)cc2CNC2CC2)n1. The number of rotatable bonds is 6. The molecule has 2 aromatic rings. The molecule has 0 saturated heterocycles. The molecule has 1 aliphatic carbocycles. The van der Waals surface area contributed by atoms with E-state index in [4.69, 9.17) is 4.74 Å². The topological polar surface area (TPSA) is 34.1 Å². The number of benzene rings is 1. The summed E-state index contributed by atoms with van der Waals surface area (Å²) in [5.74, 6) is 0.939. The van der Waals surface area contributed by atoms with Gasteiger partial charge in [0.2, 0.25) is 0 Å². The molecule has 1 saturated carbocycles. The Kier molecular flexibility index (Phi) is 4.38. The summed E-state index contributed by atoms with van der Waals surface area (Å²) >= 11 is 5.17. The Morgan fingerprint density at radius 2 is 2.30 bits per heavy atom. The van der Waals surface area contributed by atoms with Gasteiger partial charge < -0.3 is 10.1 Å². The van der Waals surface area contributed by atoms with Crippen LogP contribution in [-0.2, 0) is 13.2 Å². The number of thiazole rings is 1. The molecule has 1 aromatic carbocycles. The number of nitrogens with one attached hydrogen (secondary N) is 1. The van der Waals surface area contributed by atoms with Crippen LogP contribution < -0.4 is 10.1 Å². The maximum Gasteiger partial charge on any atom is 0.140 e. The third-order valence-electron chi connectivity index (χ3n) is 3.20. The molecule has 0 amide bonds. The van der Waals surface area contributed by atoms with E-state index in [9.17, 15) is 0 Å². The highest BCUT2D eigenvalue weighted by Gasteiger charge is 2.20. The number of aromatic nitrogens is 1. The van der Waals surface area contributed by atoms with Gasteiger partial charge in [-0.2, -0.15) is 0 Å². The van der Waals surface area contributed by atoms with E-state index >= 15 is 0 Å². The molecule has 0 aliphatic heterocycles. The van der Waals surface area contributed by atoms with Crippen LogP contribution >= 0.6 is 27.3 Å². The number of hydrogen-bond acceptors (Lipinski definition) is 4. The van der Waals surface area contributed by atoms with Crippen molar-refractivity contribution in [2.45, 2.75) is 39.0 Å². The van der Waals surface area contributed by atoms with Gasteiger partial charge in [-0.15, -0.1) is 11.3 Å². The van der Waals surface area contributed by atoms with Crippen molar-refractivity contribution in [2.75, 3.05) is 0 Å². The van der Waals surface area contributed by atoms with Gasteiger partial charge in [0, 0.05) is 33.7 Å². The summed E-state index contributed by atoms with van der Waals surface area (Å²) in [7, 11) is 0. The van der Waals surface area contributed by atoms with Gasteiger partial charge in [-0.3, -0.25) is 0 Å². The summed E-state index contributed by atoms with van der Waals surface area (Å²) < 4.78 is 7.02. The molecule has 0 spiro atoms. The number of hydrogen-bond donors (Lipinski definition) is 1. The quantitative estimate of drug-likeness (QED) is 0.851. The van der Waals surface area contributed by atoms with Gasteiger partial charge in [0.05, 0.1) is 0 Å². The smallest absolute Gasteiger partial charge is 0.140 e. The summed E-state index contributed by atoms with van der Waals surface area (Å²) in [6.07, 6.45) is 2.59. The van der Waals surface area contributed by atoms with E-state index in [-0.39, 0.29) is 0 Å². The van der Waals surface area contributed by atoms with Crippen LogP contribution in [0.5, 0.6) is 5.75 Å². The molecule has 106 valence electrons. The lowest BCUT2D eigenvalue weighted by Gasteiger charge is -2.12. The molecule has 0 unspecified atom stereocenters. The lowest BCUT2D eigenvalue weighted by atomic mass is 10.2. The van der Waals surface area contributed by atoms with Crippen LogP contribution in [0.3, 0.4) is 0 Å². The third-order valence-corrected chi connectivity index (χ3v) is 4.63. The highest BCUT2D eigenvalue weighted by atomic mass is 79.9. The lowest BCUT2D eigenvalue weighted by molar-refractivity contribution is 0.301. The van der Waals surface area contributed by atoms with E-state index in [2.05, 4.69) is 37.7 Å². The Labute approximate surface area is 131 Å². The van der Waals surface area contributed by atoms with E-state index in [0.29, 0.717) is 12.6 Å². The van der Waals surface area contributed by atoms with Gasteiger partial charge in [0.15, 0.2) is 0 Å². The predicted molar refractivity (Wildman–Crippen MR) is 85.2 cm³/mol. The van der Waals surface area contributed by atoms with Gasteiger partial charge in [-0.05, 0) is 38.0 Å². The maximum absolute atomic E-state index is 5.93. The molecule has 20 heavy (non-hydrogen) atoms. The molecule has 5 heteroatoms. The van der Waals surface area contributed by atoms with Crippen molar-refractivity contribution in [1.29, 1.82) is 0 Å². The van der Waals surface area contributed by atoms with E-state index in [0.717, 1.165) is 27.5 Å². The Hall–Kier alpha value is -0.910. The molecule has 1 heterocycles. The number of halogens is 1. The maximum atomic E-state index is 5.93. The van der Waals surface area contributed by atoms with Crippen molar-refractivity contribution in [2.24, 2.45) is 0 Å². The summed E-state index contributed by atoms with van der Waals surface area (Å²) in [4.78, 5) is 4.43. The van der Waals surface area contributed by atoms with Crippen LogP contribution in [0, 0.1) is 6.92 Å². The van der Waals surface area contributed by atoms with Crippen LogP contribution in [0.4, 0.5) is 0 Å². The predicted octanol–water partition coefficient (Wildman–Crippen LogP) is 4.05. The zero-order chi connectivity index (χ0) is 13.9. The second kappa shape index (κ2) is 6.24. The van der Waals surface area contributed by atoms with E-state index < -0.39 is 0 Å².